The number of ether oxygens (including phenoxy) is 1. The molecule has 1 aromatic carbocycles. The van der Waals surface area contributed by atoms with Crippen LogP contribution in [-0.4, -0.2) is 34.4 Å². The van der Waals surface area contributed by atoms with E-state index in [1.165, 1.54) is 27.1 Å². The van der Waals surface area contributed by atoms with Crippen molar-refractivity contribution in [3.63, 3.8) is 0 Å². The summed E-state index contributed by atoms with van der Waals surface area (Å²) >= 11 is 1.47. The Morgan fingerprint density at radius 3 is 2.72 bits per heavy atom. The van der Waals surface area contributed by atoms with Crippen LogP contribution in [0.4, 0.5) is 5.69 Å². The van der Waals surface area contributed by atoms with Crippen LogP contribution in [0.25, 0.3) is 10.2 Å². The van der Waals surface area contributed by atoms with E-state index in [-0.39, 0.29) is 17.2 Å². The summed E-state index contributed by atoms with van der Waals surface area (Å²) in [6.45, 7) is 7.21. The third-order valence-corrected chi connectivity index (χ3v) is 6.61. The number of nitrogens with zero attached hydrogens (tertiary/aromatic N) is 3. The Morgan fingerprint density at radius 1 is 1.28 bits per heavy atom. The van der Waals surface area contributed by atoms with Gasteiger partial charge >= 0.3 is 0 Å². The van der Waals surface area contributed by atoms with E-state index in [1.807, 2.05) is 13.8 Å². The lowest BCUT2D eigenvalue weighted by molar-refractivity contribution is -0.125. The molecule has 0 fully saturated rings. The van der Waals surface area contributed by atoms with Crippen LogP contribution < -0.4 is 15.2 Å². The van der Waals surface area contributed by atoms with E-state index in [4.69, 9.17) is 4.74 Å². The van der Waals surface area contributed by atoms with Gasteiger partial charge in [0.1, 0.15) is 10.6 Å². The van der Waals surface area contributed by atoms with Crippen LogP contribution in [0, 0.1) is 13.8 Å². The summed E-state index contributed by atoms with van der Waals surface area (Å²) in [4.78, 5) is 45.9. The second kappa shape index (κ2) is 6.81. The molecular weight excluding hydrogens is 390 g/mol. The number of hydrogen-bond donors (Lipinski definition) is 0. The highest BCUT2D eigenvalue weighted by Crippen LogP contribution is 2.34. The normalized spacial score (nSPS) is 17.2. The van der Waals surface area contributed by atoms with Crippen molar-refractivity contribution in [2.75, 3.05) is 11.9 Å². The average Bonchev–Trinajstić information content (AvgIpc) is 3.00. The van der Waals surface area contributed by atoms with Crippen molar-refractivity contribution in [2.24, 2.45) is 0 Å². The number of likely N-dealkylation sites (N-methyl/N-ethyl adjacent to an activating group) is 1. The van der Waals surface area contributed by atoms with Crippen LogP contribution in [0.1, 0.15) is 40.7 Å². The van der Waals surface area contributed by atoms with E-state index in [0.29, 0.717) is 27.2 Å². The van der Waals surface area contributed by atoms with E-state index in [2.05, 4.69) is 4.98 Å². The van der Waals surface area contributed by atoms with Crippen LogP contribution in [0.2, 0.25) is 0 Å². The minimum absolute atomic E-state index is 0.177. The number of fused-ring (bicyclic) bond motifs is 2. The Kier molecular flexibility index (Phi) is 4.53. The van der Waals surface area contributed by atoms with Gasteiger partial charge in [-0.25, -0.2) is 4.98 Å². The lowest BCUT2D eigenvalue weighted by Gasteiger charge is -2.30. The molecule has 2 aromatic heterocycles. The lowest BCUT2D eigenvalue weighted by atomic mass is 10.0. The maximum absolute atomic E-state index is 13.1. The lowest BCUT2D eigenvalue weighted by Crippen LogP contribution is -2.42. The van der Waals surface area contributed by atoms with Crippen molar-refractivity contribution in [1.82, 2.24) is 9.55 Å². The molecule has 0 N–H and O–H groups in total. The number of ketones is 1. The number of thiophene rings is 1. The van der Waals surface area contributed by atoms with Gasteiger partial charge in [-0.15, -0.1) is 11.3 Å². The second-order valence-electron chi connectivity index (χ2n) is 7.30. The van der Waals surface area contributed by atoms with E-state index in [1.54, 1.807) is 39.1 Å². The Morgan fingerprint density at radius 2 is 2.00 bits per heavy atom. The van der Waals surface area contributed by atoms with Gasteiger partial charge in [-0.3, -0.25) is 19.0 Å². The first-order valence-electron chi connectivity index (χ1n) is 9.30. The van der Waals surface area contributed by atoms with Gasteiger partial charge in [0.15, 0.2) is 11.9 Å². The predicted molar refractivity (Wildman–Crippen MR) is 112 cm³/mol. The zero-order chi connectivity index (χ0) is 21.0. The number of carbonyl (C=O) groups excluding carboxylic acids is 2. The molecule has 29 heavy (non-hydrogen) atoms. The van der Waals surface area contributed by atoms with E-state index >= 15 is 0 Å². The molecule has 150 valence electrons. The minimum Gasteiger partial charge on any atom is -0.479 e. The summed E-state index contributed by atoms with van der Waals surface area (Å²) in [5.74, 6) is 0.137. The topological polar surface area (TPSA) is 81.5 Å². The van der Waals surface area contributed by atoms with Crippen molar-refractivity contribution in [3.8, 4) is 5.75 Å². The van der Waals surface area contributed by atoms with Crippen LogP contribution in [-0.2, 0) is 4.79 Å². The van der Waals surface area contributed by atoms with Gasteiger partial charge in [0.05, 0.1) is 23.4 Å². The molecule has 0 spiro atoms. The largest absolute Gasteiger partial charge is 0.479 e. The summed E-state index contributed by atoms with van der Waals surface area (Å²) in [5.41, 5.74) is 1.62. The molecule has 0 aliphatic carbocycles. The molecule has 1 aliphatic heterocycles. The van der Waals surface area contributed by atoms with E-state index < -0.39 is 12.1 Å². The first-order valence-corrected chi connectivity index (χ1v) is 10.1. The molecule has 1 aliphatic rings. The van der Waals surface area contributed by atoms with Crippen LogP contribution >= 0.6 is 11.3 Å². The maximum atomic E-state index is 13.1. The fourth-order valence-corrected chi connectivity index (χ4v) is 4.54. The number of rotatable bonds is 3. The third kappa shape index (κ3) is 2.95. The molecule has 0 bridgehead atoms. The van der Waals surface area contributed by atoms with Crippen molar-refractivity contribution in [2.45, 2.75) is 39.8 Å². The van der Waals surface area contributed by atoms with Gasteiger partial charge < -0.3 is 9.64 Å². The number of hydrogen-bond acceptors (Lipinski definition) is 6. The summed E-state index contributed by atoms with van der Waals surface area (Å²) < 4.78 is 6.98. The molecule has 4 rings (SSSR count). The number of benzene rings is 1. The molecule has 1 amide bonds. The molecule has 2 atom stereocenters. The van der Waals surface area contributed by atoms with Crippen LogP contribution in [0.3, 0.4) is 0 Å². The van der Waals surface area contributed by atoms with Gasteiger partial charge in [-0.2, -0.15) is 0 Å². The fourth-order valence-electron chi connectivity index (χ4n) is 3.56. The fraction of sp³-hybridized carbons (Fsp3) is 0.333. The Labute approximate surface area is 171 Å². The quantitative estimate of drug-likeness (QED) is 0.618. The number of anilines is 1. The molecule has 0 radical (unpaired) electrons. The molecule has 8 heteroatoms. The highest BCUT2D eigenvalue weighted by molar-refractivity contribution is 7.18. The molecule has 0 saturated heterocycles. The SMILES string of the molecule is Cc1sc2ncn(C(C)C(=O)c3ccc4c(c3)N(C)C(=O)C(C)O4)c(=O)c2c1C. The van der Waals surface area contributed by atoms with Crippen molar-refractivity contribution >= 4 is 38.9 Å². The van der Waals surface area contributed by atoms with Crippen molar-refractivity contribution in [1.29, 1.82) is 0 Å². The highest BCUT2D eigenvalue weighted by atomic mass is 32.1. The first-order chi connectivity index (χ1) is 13.7. The second-order valence-corrected chi connectivity index (χ2v) is 8.50. The van der Waals surface area contributed by atoms with Crippen molar-refractivity contribution < 1.29 is 14.3 Å². The summed E-state index contributed by atoms with van der Waals surface area (Å²) in [6.07, 6.45) is 0.864. The molecule has 3 aromatic rings. The molecular formula is C21H21N3O4S. The zero-order valence-electron chi connectivity index (χ0n) is 16.8. The van der Waals surface area contributed by atoms with Gasteiger partial charge in [0, 0.05) is 17.5 Å². The predicted octanol–water partition coefficient (Wildman–Crippen LogP) is 3.26. The first kappa shape index (κ1) is 19.3. The molecule has 2 unspecified atom stereocenters. The van der Waals surface area contributed by atoms with E-state index in [0.717, 1.165) is 10.4 Å². The average molecular weight is 411 g/mol. The highest BCUT2D eigenvalue weighted by Gasteiger charge is 2.30. The number of aromatic nitrogens is 2. The standard InChI is InChI=1S/C21H21N3O4S/c1-10-13(4)29-19-17(10)21(27)24(9-22-19)11(2)18(25)14-6-7-16-15(8-14)23(5)20(26)12(3)28-16/h6-9,11-12H,1-5H3. The number of amides is 1. The Bertz CT molecular complexity index is 1230. The Balaban J connectivity index is 1.73. The summed E-state index contributed by atoms with van der Waals surface area (Å²) in [6, 6.07) is 4.24. The number of Topliss-reactive ketones (excluding diaryl/α,β-unsaturated/α-hetero) is 1. The van der Waals surface area contributed by atoms with Gasteiger partial charge in [0.2, 0.25) is 0 Å². The number of carbonyl (C=O) groups is 2. The maximum Gasteiger partial charge on any atom is 0.267 e. The summed E-state index contributed by atoms with van der Waals surface area (Å²) in [7, 11) is 1.65. The smallest absolute Gasteiger partial charge is 0.267 e. The van der Waals surface area contributed by atoms with E-state index in [9.17, 15) is 14.4 Å². The minimum atomic E-state index is -0.735. The monoisotopic (exact) mass is 411 g/mol. The Hall–Kier alpha value is -3.00. The van der Waals surface area contributed by atoms with Crippen LogP contribution in [0.15, 0.2) is 29.3 Å². The molecule has 7 nitrogen and oxygen atoms in total. The summed E-state index contributed by atoms with van der Waals surface area (Å²) in [5, 5.41) is 0.563. The number of aryl methyl sites for hydroxylation is 2. The molecule has 0 saturated carbocycles. The van der Waals surface area contributed by atoms with Crippen molar-refractivity contribution in [3.05, 3.63) is 50.9 Å². The van der Waals surface area contributed by atoms with Gasteiger partial charge in [0.25, 0.3) is 11.5 Å². The zero-order valence-corrected chi connectivity index (χ0v) is 17.7. The van der Waals surface area contributed by atoms with Gasteiger partial charge in [-0.1, -0.05) is 0 Å². The third-order valence-electron chi connectivity index (χ3n) is 5.50. The van der Waals surface area contributed by atoms with Crippen LogP contribution in [0.5, 0.6) is 5.75 Å². The molecule has 3 heterocycles. The van der Waals surface area contributed by atoms with Gasteiger partial charge in [-0.05, 0) is 51.5 Å².